The molecule has 1 N–H and O–H groups in total. The molecule has 0 aliphatic carbocycles. The zero-order valence-electron chi connectivity index (χ0n) is 18.3. The fraction of sp³-hybridized carbons (Fsp3) is 0.348. The Morgan fingerprint density at radius 2 is 1.94 bits per heavy atom. The summed E-state index contributed by atoms with van der Waals surface area (Å²) in [6, 6.07) is 15.3. The summed E-state index contributed by atoms with van der Waals surface area (Å²) in [5.74, 6) is 1.17. The van der Waals surface area contributed by atoms with E-state index in [-0.39, 0.29) is 11.7 Å². The van der Waals surface area contributed by atoms with E-state index in [2.05, 4.69) is 38.3 Å². The Bertz CT molecular complexity index is 1050. The fourth-order valence-electron chi connectivity index (χ4n) is 3.61. The molecule has 1 saturated heterocycles. The van der Waals surface area contributed by atoms with Crippen molar-refractivity contribution in [1.82, 2.24) is 15.1 Å². The molecule has 0 bridgehead atoms. The highest BCUT2D eigenvalue weighted by molar-refractivity contribution is 7.99. The van der Waals surface area contributed by atoms with E-state index in [0.29, 0.717) is 16.9 Å². The number of piperazine rings is 1. The van der Waals surface area contributed by atoms with E-state index >= 15 is 0 Å². The Labute approximate surface area is 191 Å². The summed E-state index contributed by atoms with van der Waals surface area (Å²) >= 11 is 1.21. The largest absolute Gasteiger partial charge is 0.497 e. The van der Waals surface area contributed by atoms with Crippen molar-refractivity contribution in [2.45, 2.75) is 12.1 Å². The van der Waals surface area contributed by atoms with Crippen molar-refractivity contribution in [2.24, 2.45) is 0 Å². The Morgan fingerprint density at radius 1 is 1.12 bits per heavy atom. The smallest absolute Gasteiger partial charge is 0.277 e. The molecule has 1 aliphatic heterocycles. The summed E-state index contributed by atoms with van der Waals surface area (Å²) < 4.78 is 10.9. The van der Waals surface area contributed by atoms with Gasteiger partial charge in [0, 0.05) is 31.7 Å². The molecule has 3 aromatic rings. The van der Waals surface area contributed by atoms with Crippen LogP contribution in [0.15, 0.2) is 58.2 Å². The van der Waals surface area contributed by atoms with Crippen LogP contribution >= 0.6 is 11.8 Å². The summed E-state index contributed by atoms with van der Waals surface area (Å²) in [5, 5.41) is 11.5. The van der Waals surface area contributed by atoms with Gasteiger partial charge in [0.2, 0.25) is 11.8 Å². The first-order chi connectivity index (χ1) is 15.7. The molecule has 8 nitrogen and oxygen atoms in total. The Balaban J connectivity index is 1.35. The van der Waals surface area contributed by atoms with E-state index in [1.165, 1.54) is 11.8 Å². The highest BCUT2D eigenvalue weighted by Gasteiger charge is 2.19. The molecule has 4 rings (SSSR count). The number of ether oxygens (including phenoxy) is 1. The summed E-state index contributed by atoms with van der Waals surface area (Å²) in [6.45, 7) is 7.21. The van der Waals surface area contributed by atoms with Gasteiger partial charge >= 0.3 is 0 Å². The second kappa shape index (κ2) is 10.5. The predicted octanol–water partition coefficient (Wildman–Crippen LogP) is 3.62. The molecule has 0 radical (unpaired) electrons. The van der Waals surface area contributed by atoms with Crippen molar-refractivity contribution in [3.05, 3.63) is 48.5 Å². The number of hydrogen-bond donors (Lipinski definition) is 1. The lowest BCUT2D eigenvalue weighted by molar-refractivity contribution is -0.113. The van der Waals surface area contributed by atoms with Gasteiger partial charge in [0.1, 0.15) is 5.75 Å². The highest BCUT2D eigenvalue weighted by atomic mass is 32.2. The van der Waals surface area contributed by atoms with Gasteiger partial charge in [-0.25, -0.2) is 0 Å². The number of benzene rings is 2. The van der Waals surface area contributed by atoms with Crippen molar-refractivity contribution in [3.63, 3.8) is 0 Å². The van der Waals surface area contributed by atoms with Gasteiger partial charge in [-0.1, -0.05) is 36.9 Å². The number of thioether (sulfide) groups is 1. The molecule has 2 heterocycles. The first-order valence-electron chi connectivity index (χ1n) is 10.6. The number of hydrogen-bond acceptors (Lipinski definition) is 8. The van der Waals surface area contributed by atoms with Crippen molar-refractivity contribution in [1.29, 1.82) is 0 Å². The molecular formula is C23H27N5O3S. The summed E-state index contributed by atoms with van der Waals surface area (Å²) in [5.41, 5.74) is 2.65. The van der Waals surface area contributed by atoms with Crippen LogP contribution in [0.3, 0.4) is 0 Å². The third-order valence-corrected chi connectivity index (χ3v) is 6.21. The number of methoxy groups -OCH3 is 1. The van der Waals surface area contributed by atoms with Gasteiger partial charge in [-0.05, 0) is 36.9 Å². The average molecular weight is 454 g/mol. The number of amides is 1. The molecule has 168 valence electrons. The van der Waals surface area contributed by atoms with Gasteiger partial charge < -0.3 is 24.3 Å². The molecule has 1 fully saturated rings. The van der Waals surface area contributed by atoms with E-state index in [1.807, 2.05) is 42.5 Å². The summed E-state index contributed by atoms with van der Waals surface area (Å²) in [6.07, 6.45) is 0. The van der Waals surface area contributed by atoms with Crippen LogP contribution < -0.4 is 15.0 Å². The quantitative estimate of drug-likeness (QED) is 0.518. The molecular weight excluding hydrogens is 426 g/mol. The molecule has 0 atom stereocenters. The Kier molecular flexibility index (Phi) is 7.28. The number of carbonyl (C=O) groups excluding carboxylic acids is 1. The monoisotopic (exact) mass is 453 g/mol. The number of aromatic nitrogens is 2. The number of nitrogens with one attached hydrogen (secondary N) is 1. The van der Waals surface area contributed by atoms with Crippen LogP contribution in [0.4, 0.5) is 11.4 Å². The molecule has 9 heteroatoms. The third-order valence-electron chi connectivity index (χ3n) is 5.39. The lowest BCUT2D eigenvalue weighted by Gasteiger charge is -2.36. The van der Waals surface area contributed by atoms with Gasteiger partial charge in [-0.2, -0.15) is 0 Å². The lowest BCUT2D eigenvalue weighted by Crippen LogP contribution is -2.46. The lowest BCUT2D eigenvalue weighted by atomic mass is 10.2. The second-order valence-corrected chi connectivity index (χ2v) is 8.31. The van der Waals surface area contributed by atoms with E-state index in [0.717, 1.165) is 49.7 Å². The molecule has 0 unspecified atom stereocenters. The number of carbonyl (C=O) groups is 1. The van der Waals surface area contributed by atoms with Crippen LogP contribution in [-0.2, 0) is 4.79 Å². The van der Waals surface area contributed by atoms with Crippen molar-refractivity contribution >= 4 is 29.0 Å². The third kappa shape index (κ3) is 5.41. The number of nitrogens with zero attached hydrogens (tertiary/aromatic N) is 4. The Morgan fingerprint density at radius 3 is 2.72 bits per heavy atom. The molecule has 32 heavy (non-hydrogen) atoms. The summed E-state index contributed by atoms with van der Waals surface area (Å²) in [4.78, 5) is 17.4. The number of para-hydroxylation sites is 2. The molecule has 0 spiro atoms. The Hall–Kier alpha value is -3.04. The number of anilines is 2. The molecule has 1 aromatic heterocycles. The van der Waals surface area contributed by atoms with Crippen molar-refractivity contribution < 1.29 is 13.9 Å². The minimum absolute atomic E-state index is 0.115. The van der Waals surface area contributed by atoms with Crippen LogP contribution in [-0.4, -0.2) is 66.6 Å². The molecule has 1 amide bonds. The number of likely N-dealkylation sites (N-methyl/N-ethyl adjacent to an activating group) is 1. The highest BCUT2D eigenvalue weighted by Crippen LogP contribution is 2.28. The zero-order valence-corrected chi connectivity index (χ0v) is 19.1. The van der Waals surface area contributed by atoms with Crippen LogP contribution in [0.25, 0.3) is 11.5 Å². The maximum atomic E-state index is 12.6. The first-order valence-corrected chi connectivity index (χ1v) is 11.6. The van der Waals surface area contributed by atoms with E-state index in [9.17, 15) is 4.79 Å². The summed E-state index contributed by atoms with van der Waals surface area (Å²) in [7, 11) is 1.61. The van der Waals surface area contributed by atoms with Gasteiger partial charge in [0.25, 0.3) is 5.22 Å². The average Bonchev–Trinajstić information content (AvgIpc) is 3.32. The first kappa shape index (κ1) is 22.2. The van der Waals surface area contributed by atoms with Gasteiger partial charge in [0.05, 0.1) is 24.2 Å². The van der Waals surface area contributed by atoms with Crippen LogP contribution in [0.5, 0.6) is 5.75 Å². The van der Waals surface area contributed by atoms with E-state index < -0.39 is 0 Å². The topological polar surface area (TPSA) is 83.7 Å². The van der Waals surface area contributed by atoms with Crippen LogP contribution in [0, 0.1) is 0 Å². The molecule has 2 aromatic carbocycles. The second-order valence-electron chi connectivity index (χ2n) is 7.38. The van der Waals surface area contributed by atoms with Gasteiger partial charge in [0.15, 0.2) is 0 Å². The maximum absolute atomic E-state index is 12.6. The van der Waals surface area contributed by atoms with Crippen LogP contribution in [0.1, 0.15) is 6.92 Å². The normalized spacial score (nSPS) is 14.4. The van der Waals surface area contributed by atoms with Crippen molar-refractivity contribution in [3.8, 4) is 17.2 Å². The molecule has 1 aliphatic rings. The SMILES string of the molecule is CCN1CCN(c2ccccc2NC(=O)CSc2nnc(-c3cccc(OC)c3)o2)CC1. The van der Waals surface area contributed by atoms with E-state index in [1.54, 1.807) is 7.11 Å². The maximum Gasteiger partial charge on any atom is 0.277 e. The van der Waals surface area contributed by atoms with Crippen LogP contribution in [0.2, 0.25) is 0 Å². The molecule has 0 saturated carbocycles. The standard InChI is InChI=1S/C23H27N5O3S/c1-3-27-11-13-28(14-12-27)20-10-5-4-9-19(20)24-21(29)16-32-23-26-25-22(31-23)17-7-6-8-18(15-17)30-2/h4-10,15H,3,11-14,16H2,1-2H3,(H,24,29). The zero-order chi connectivity index (χ0) is 22.3. The number of rotatable bonds is 8. The minimum atomic E-state index is -0.115. The predicted molar refractivity (Wildman–Crippen MR) is 126 cm³/mol. The van der Waals surface area contributed by atoms with E-state index in [4.69, 9.17) is 9.15 Å². The minimum Gasteiger partial charge on any atom is -0.497 e. The van der Waals surface area contributed by atoms with Gasteiger partial charge in [-0.15, -0.1) is 10.2 Å². The van der Waals surface area contributed by atoms with Crippen molar-refractivity contribution in [2.75, 3.05) is 55.8 Å². The van der Waals surface area contributed by atoms with Gasteiger partial charge in [-0.3, -0.25) is 4.79 Å². The fourth-order valence-corrected chi connectivity index (χ4v) is 4.18.